The number of nitrogens with two attached hydrogens (primary N) is 1. The number of carbonyl (C=O) groups excluding carboxylic acids is 1. The normalized spacial score (nSPS) is 10.8. The predicted octanol–water partition coefficient (Wildman–Crippen LogP) is 4.91. The molecule has 1 amide bonds. The van der Waals surface area contributed by atoms with E-state index >= 15 is 4.39 Å². The first-order valence-electron chi connectivity index (χ1n) is 11.1. The van der Waals surface area contributed by atoms with Crippen LogP contribution in [0, 0.1) is 5.82 Å². The second kappa shape index (κ2) is 10.9. The average Bonchev–Trinajstić information content (AvgIpc) is 2.80. The van der Waals surface area contributed by atoms with Gasteiger partial charge in [-0.25, -0.2) is 9.37 Å². The van der Waals surface area contributed by atoms with Gasteiger partial charge in [0.2, 0.25) is 5.91 Å². The SMILES string of the molecule is CCOc1cc(CN(c2ccc(C(N)=O)cc2)c2cccc(N(C)C)n2)c(F)c(OC(C)C)c1. The summed E-state index contributed by atoms with van der Waals surface area (Å²) in [5, 5.41) is 0. The van der Waals surface area contributed by atoms with Gasteiger partial charge in [0.25, 0.3) is 0 Å². The van der Waals surface area contributed by atoms with Gasteiger partial charge in [-0.3, -0.25) is 4.79 Å². The molecular weight excluding hydrogens is 435 g/mol. The van der Waals surface area contributed by atoms with Gasteiger partial charge in [-0.05, 0) is 63.2 Å². The van der Waals surface area contributed by atoms with Crippen LogP contribution in [-0.4, -0.2) is 37.7 Å². The van der Waals surface area contributed by atoms with Crippen LogP contribution in [0.25, 0.3) is 0 Å². The predicted molar refractivity (Wildman–Crippen MR) is 133 cm³/mol. The third kappa shape index (κ3) is 5.95. The fourth-order valence-corrected chi connectivity index (χ4v) is 3.42. The number of primary amides is 1. The maximum atomic E-state index is 15.5. The first-order valence-corrected chi connectivity index (χ1v) is 11.1. The topological polar surface area (TPSA) is 80.9 Å². The average molecular weight is 467 g/mol. The maximum absolute atomic E-state index is 15.5. The van der Waals surface area contributed by atoms with E-state index in [0.717, 1.165) is 11.5 Å². The molecule has 1 heterocycles. The van der Waals surface area contributed by atoms with Crippen LogP contribution in [-0.2, 0) is 6.54 Å². The second-order valence-electron chi connectivity index (χ2n) is 8.24. The van der Waals surface area contributed by atoms with Crippen LogP contribution >= 0.6 is 0 Å². The van der Waals surface area contributed by atoms with Crippen LogP contribution in [0.15, 0.2) is 54.6 Å². The molecule has 3 aromatic rings. The summed E-state index contributed by atoms with van der Waals surface area (Å²) in [5.74, 6) is 1.05. The lowest BCUT2D eigenvalue weighted by molar-refractivity contribution is 0.100. The van der Waals surface area contributed by atoms with E-state index in [0.29, 0.717) is 29.3 Å². The third-order valence-electron chi connectivity index (χ3n) is 5.01. The summed E-state index contributed by atoms with van der Waals surface area (Å²) in [5.41, 5.74) is 6.90. The van der Waals surface area contributed by atoms with Crippen molar-refractivity contribution in [1.82, 2.24) is 4.98 Å². The van der Waals surface area contributed by atoms with Crippen molar-refractivity contribution in [3.63, 3.8) is 0 Å². The van der Waals surface area contributed by atoms with Gasteiger partial charge >= 0.3 is 0 Å². The largest absolute Gasteiger partial charge is 0.494 e. The molecule has 0 aliphatic carbocycles. The lowest BCUT2D eigenvalue weighted by Crippen LogP contribution is -2.21. The monoisotopic (exact) mass is 466 g/mol. The number of halogens is 1. The number of hydrogen-bond donors (Lipinski definition) is 1. The number of ether oxygens (including phenoxy) is 2. The Bertz CT molecular complexity index is 1130. The van der Waals surface area contributed by atoms with Crippen LogP contribution < -0.4 is 25.0 Å². The van der Waals surface area contributed by atoms with E-state index in [1.165, 1.54) is 0 Å². The van der Waals surface area contributed by atoms with Crippen molar-refractivity contribution in [3.05, 3.63) is 71.5 Å². The minimum absolute atomic E-state index is 0.134. The summed E-state index contributed by atoms with van der Waals surface area (Å²) in [7, 11) is 3.80. The fraction of sp³-hybridized carbons (Fsp3) is 0.308. The number of nitrogens with zero attached hydrogens (tertiary/aromatic N) is 3. The third-order valence-corrected chi connectivity index (χ3v) is 5.01. The van der Waals surface area contributed by atoms with E-state index in [4.69, 9.17) is 20.2 Å². The van der Waals surface area contributed by atoms with E-state index in [-0.39, 0.29) is 18.4 Å². The fourth-order valence-electron chi connectivity index (χ4n) is 3.42. The van der Waals surface area contributed by atoms with Crippen LogP contribution in [0.5, 0.6) is 11.5 Å². The minimum Gasteiger partial charge on any atom is -0.494 e. The summed E-state index contributed by atoms with van der Waals surface area (Å²) < 4.78 is 26.9. The lowest BCUT2D eigenvalue weighted by atomic mass is 10.1. The van der Waals surface area contributed by atoms with Crippen molar-refractivity contribution >= 4 is 23.2 Å². The highest BCUT2D eigenvalue weighted by molar-refractivity contribution is 5.93. The van der Waals surface area contributed by atoms with Crippen LogP contribution in [0.2, 0.25) is 0 Å². The molecule has 8 heteroatoms. The Morgan fingerprint density at radius 3 is 2.35 bits per heavy atom. The Hall–Kier alpha value is -3.81. The van der Waals surface area contributed by atoms with Gasteiger partial charge in [-0.15, -0.1) is 0 Å². The van der Waals surface area contributed by atoms with Gasteiger partial charge in [0, 0.05) is 37.0 Å². The molecule has 1 aromatic heterocycles. The molecule has 0 radical (unpaired) electrons. The molecule has 0 aliphatic heterocycles. The number of carbonyl (C=O) groups is 1. The van der Waals surface area contributed by atoms with E-state index in [9.17, 15) is 4.79 Å². The summed E-state index contributed by atoms with van der Waals surface area (Å²) in [6.45, 7) is 6.15. The molecule has 0 unspecified atom stereocenters. The first-order chi connectivity index (χ1) is 16.2. The molecule has 180 valence electrons. The zero-order chi connectivity index (χ0) is 24.8. The first kappa shape index (κ1) is 24.8. The van der Waals surface area contributed by atoms with Gasteiger partial charge in [0.1, 0.15) is 17.4 Å². The molecule has 0 aliphatic rings. The number of aromatic nitrogens is 1. The van der Waals surface area contributed by atoms with Crippen molar-refractivity contribution in [2.45, 2.75) is 33.4 Å². The summed E-state index contributed by atoms with van der Waals surface area (Å²) in [6.07, 6.45) is -0.199. The van der Waals surface area contributed by atoms with Crippen molar-refractivity contribution in [3.8, 4) is 11.5 Å². The van der Waals surface area contributed by atoms with Crippen LogP contribution in [0.3, 0.4) is 0 Å². The van der Waals surface area contributed by atoms with Gasteiger partial charge in [-0.1, -0.05) is 6.07 Å². The van der Waals surface area contributed by atoms with E-state index in [1.54, 1.807) is 36.4 Å². The number of amides is 1. The maximum Gasteiger partial charge on any atom is 0.248 e. The molecule has 0 atom stereocenters. The van der Waals surface area contributed by atoms with Crippen LogP contribution in [0.1, 0.15) is 36.7 Å². The summed E-state index contributed by atoms with van der Waals surface area (Å²) in [6, 6.07) is 15.7. The molecule has 0 fully saturated rings. The Balaban J connectivity index is 2.11. The number of anilines is 3. The van der Waals surface area contributed by atoms with Gasteiger partial charge in [0.15, 0.2) is 11.6 Å². The molecule has 0 saturated carbocycles. The lowest BCUT2D eigenvalue weighted by Gasteiger charge is -2.26. The molecule has 34 heavy (non-hydrogen) atoms. The quantitative estimate of drug-likeness (QED) is 0.457. The van der Waals surface area contributed by atoms with Gasteiger partial charge in [0.05, 0.1) is 19.3 Å². The molecule has 3 rings (SSSR count). The van der Waals surface area contributed by atoms with Crippen molar-refractivity contribution in [2.24, 2.45) is 5.73 Å². The molecule has 2 aromatic carbocycles. The van der Waals surface area contributed by atoms with Crippen molar-refractivity contribution in [1.29, 1.82) is 0 Å². The van der Waals surface area contributed by atoms with Gasteiger partial charge < -0.3 is 25.0 Å². The van der Waals surface area contributed by atoms with E-state index < -0.39 is 11.7 Å². The summed E-state index contributed by atoms with van der Waals surface area (Å²) in [4.78, 5) is 20.0. The number of benzene rings is 2. The molecule has 7 nitrogen and oxygen atoms in total. The molecule has 2 N–H and O–H groups in total. The van der Waals surface area contributed by atoms with E-state index in [2.05, 4.69) is 0 Å². The highest BCUT2D eigenvalue weighted by Crippen LogP contribution is 2.33. The smallest absolute Gasteiger partial charge is 0.248 e. The standard InChI is InChI=1S/C26H31FN4O3/c1-6-33-21-14-19(25(27)22(15-21)34-17(2)3)16-31(20-12-10-18(11-13-20)26(28)32)24-9-7-8-23(29-24)30(4)5/h7-15,17H,6,16H2,1-5H3,(H2,28,32). The zero-order valence-electron chi connectivity index (χ0n) is 20.2. The highest BCUT2D eigenvalue weighted by Gasteiger charge is 2.20. The molecular formula is C26H31FN4O3. The number of rotatable bonds is 10. The van der Waals surface area contributed by atoms with E-state index in [1.807, 2.05) is 62.9 Å². The Kier molecular flexibility index (Phi) is 7.94. The molecule has 0 saturated heterocycles. The number of hydrogen-bond acceptors (Lipinski definition) is 6. The second-order valence-corrected chi connectivity index (χ2v) is 8.24. The Labute approximate surface area is 199 Å². The highest BCUT2D eigenvalue weighted by atomic mass is 19.1. The van der Waals surface area contributed by atoms with Gasteiger partial charge in [-0.2, -0.15) is 0 Å². The molecule has 0 bridgehead atoms. The Morgan fingerprint density at radius 1 is 1.09 bits per heavy atom. The molecule has 0 spiro atoms. The van der Waals surface area contributed by atoms with Crippen molar-refractivity contribution < 1.29 is 18.7 Å². The minimum atomic E-state index is -0.517. The van der Waals surface area contributed by atoms with Crippen molar-refractivity contribution in [2.75, 3.05) is 30.5 Å². The number of pyridine rings is 1. The zero-order valence-corrected chi connectivity index (χ0v) is 20.2. The van der Waals surface area contributed by atoms with Crippen LogP contribution in [0.4, 0.5) is 21.7 Å². The Morgan fingerprint density at radius 2 is 1.76 bits per heavy atom. The summed E-state index contributed by atoms with van der Waals surface area (Å²) >= 11 is 0.